The number of rotatable bonds is 3. The van der Waals surface area contributed by atoms with Crippen molar-refractivity contribution in [1.82, 2.24) is 0 Å². The molecule has 0 aliphatic carbocycles. The Morgan fingerprint density at radius 1 is 1.22 bits per heavy atom. The second-order valence-electron chi connectivity index (χ2n) is 3.88. The first-order valence-electron chi connectivity index (χ1n) is 5.38. The van der Waals surface area contributed by atoms with Crippen LogP contribution in [0.4, 0.5) is 5.69 Å². The topological polar surface area (TPSA) is 54.5 Å². The minimum absolute atomic E-state index is 0.207. The van der Waals surface area contributed by atoms with E-state index in [-0.39, 0.29) is 5.78 Å². The molecule has 0 fully saturated rings. The number of anilines is 1. The molecule has 1 aromatic rings. The van der Waals surface area contributed by atoms with Gasteiger partial charge in [0.2, 0.25) is 0 Å². The summed E-state index contributed by atoms with van der Waals surface area (Å²) in [5.74, 6) is -1.08. The van der Waals surface area contributed by atoms with Crippen LogP contribution in [0.1, 0.15) is 22.8 Å². The number of imide groups is 1. The number of Topliss-reactive ketones (excluding diaryl/α,β-unsaturated/α-hetero) is 1. The number of amides is 2. The Morgan fingerprint density at radius 3 is 2.33 bits per heavy atom. The minimum Gasteiger partial charge on any atom is -0.294 e. The molecule has 0 unspecified atom stereocenters. The van der Waals surface area contributed by atoms with E-state index in [1.165, 1.54) is 19.1 Å². The van der Waals surface area contributed by atoms with Gasteiger partial charge in [-0.3, -0.25) is 14.4 Å². The standard InChI is InChI=1S/C14H11NO3/c1-3-10-4-5-12(11(8-10)9(2)16)15-13(17)6-7-14(15)18/h3-8H,1H2,2H3. The summed E-state index contributed by atoms with van der Waals surface area (Å²) < 4.78 is 0. The summed E-state index contributed by atoms with van der Waals surface area (Å²) >= 11 is 0. The third kappa shape index (κ3) is 1.88. The van der Waals surface area contributed by atoms with Gasteiger partial charge in [0.15, 0.2) is 5.78 Å². The lowest BCUT2D eigenvalue weighted by molar-refractivity contribution is -0.119. The van der Waals surface area contributed by atoms with Crippen LogP contribution in [0.3, 0.4) is 0 Å². The second-order valence-corrected chi connectivity index (χ2v) is 3.88. The van der Waals surface area contributed by atoms with Crippen molar-refractivity contribution in [2.24, 2.45) is 0 Å². The predicted octanol–water partition coefficient (Wildman–Crippen LogP) is 1.96. The highest BCUT2D eigenvalue weighted by molar-refractivity contribution is 6.29. The minimum atomic E-state index is -0.436. The molecular formula is C14H11NO3. The maximum Gasteiger partial charge on any atom is 0.258 e. The summed E-state index contributed by atoms with van der Waals surface area (Å²) in [6.45, 7) is 5.01. The van der Waals surface area contributed by atoms with Crippen molar-refractivity contribution >= 4 is 29.4 Å². The van der Waals surface area contributed by atoms with E-state index in [0.29, 0.717) is 11.3 Å². The molecule has 2 amide bonds. The lowest BCUT2D eigenvalue weighted by atomic mass is 10.0. The van der Waals surface area contributed by atoms with Gasteiger partial charge in [-0.25, -0.2) is 4.90 Å². The number of hydrogen-bond acceptors (Lipinski definition) is 3. The Balaban J connectivity index is 2.57. The lowest BCUT2D eigenvalue weighted by Crippen LogP contribution is -2.31. The third-order valence-corrected chi connectivity index (χ3v) is 2.69. The van der Waals surface area contributed by atoms with Gasteiger partial charge in [-0.1, -0.05) is 18.7 Å². The number of hydrogen-bond donors (Lipinski definition) is 0. The van der Waals surface area contributed by atoms with Crippen LogP contribution in [0.15, 0.2) is 36.9 Å². The monoisotopic (exact) mass is 241 g/mol. The van der Waals surface area contributed by atoms with E-state index in [1.54, 1.807) is 24.3 Å². The number of benzene rings is 1. The lowest BCUT2D eigenvalue weighted by Gasteiger charge is -2.17. The quantitative estimate of drug-likeness (QED) is 0.600. The van der Waals surface area contributed by atoms with E-state index in [0.717, 1.165) is 10.5 Å². The molecule has 1 aliphatic rings. The number of carbonyl (C=O) groups is 3. The normalized spacial score (nSPS) is 14.2. The average molecular weight is 241 g/mol. The fraction of sp³-hybridized carbons (Fsp3) is 0.0714. The van der Waals surface area contributed by atoms with Gasteiger partial charge in [0, 0.05) is 17.7 Å². The summed E-state index contributed by atoms with van der Waals surface area (Å²) in [7, 11) is 0. The van der Waals surface area contributed by atoms with Crippen molar-refractivity contribution in [3.05, 3.63) is 48.1 Å². The number of carbonyl (C=O) groups excluding carboxylic acids is 3. The molecule has 0 radical (unpaired) electrons. The van der Waals surface area contributed by atoms with Crippen LogP contribution in [0.2, 0.25) is 0 Å². The van der Waals surface area contributed by atoms with Gasteiger partial charge in [-0.15, -0.1) is 0 Å². The molecule has 4 heteroatoms. The van der Waals surface area contributed by atoms with Crippen molar-refractivity contribution in [2.45, 2.75) is 6.92 Å². The molecule has 1 aliphatic heterocycles. The van der Waals surface area contributed by atoms with Gasteiger partial charge in [0.1, 0.15) is 0 Å². The summed E-state index contributed by atoms with van der Waals surface area (Å²) in [4.78, 5) is 35.8. The fourth-order valence-electron chi connectivity index (χ4n) is 1.80. The molecule has 18 heavy (non-hydrogen) atoms. The maximum atomic E-state index is 11.6. The van der Waals surface area contributed by atoms with Crippen molar-refractivity contribution in [1.29, 1.82) is 0 Å². The summed E-state index contributed by atoms with van der Waals surface area (Å²) in [6.07, 6.45) is 3.98. The summed E-state index contributed by atoms with van der Waals surface area (Å²) in [5, 5.41) is 0. The Hall–Kier alpha value is -2.49. The van der Waals surface area contributed by atoms with E-state index in [1.807, 2.05) is 0 Å². The second kappa shape index (κ2) is 4.41. The highest BCUT2D eigenvalue weighted by Crippen LogP contribution is 2.25. The van der Waals surface area contributed by atoms with Gasteiger partial charge in [-0.05, 0) is 24.6 Å². The van der Waals surface area contributed by atoms with Crippen LogP contribution in [0.25, 0.3) is 6.08 Å². The molecule has 0 N–H and O–H groups in total. The molecule has 1 heterocycles. The Bertz CT molecular complexity index is 581. The molecular weight excluding hydrogens is 230 g/mol. The van der Waals surface area contributed by atoms with Gasteiger partial charge in [-0.2, -0.15) is 0 Å². The molecule has 0 spiro atoms. The molecule has 0 atom stereocenters. The fourth-order valence-corrected chi connectivity index (χ4v) is 1.80. The van der Waals surface area contributed by atoms with Crippen molar-refractivity contribution in [3.8, 4) is 0 Å². The van der Waals surface area contributed by atoms with Gasteiger partial charge in [0.05, 0.1) is 5.69 Å². The molecule has 2 rings (SSSR count). The molecule has 90 valence electrons. The van der Waals surface area contributed by atoms with Crippen LogP contribution in [-0.2, 0) is 9.59 Å². The molecule has 0 bridgehead atoms. The third-order valence-electron chi connectivity index (χ3n) is 2.69. The highest BCUT2D eigenvalue weighted by atomic mass is 16.2. The summed E-state index contributed by atoms with van der Waals surface area (Å²) in [6, 6.07) is 4.90. The van der Waals surface area contributed by atoms with Crippen molar-refractivity contribution in [2.75, 3.05) is 4.90 Å². The molecule has 0 aromatic heterocycles. The SMILES string of the molecule is C=Cc1ccc(N2C(=O)C=CC2=O)c(C(C)=O)c1. The Kier molecular flexibility index (Phi) is 2.93. The largest absolute Gasteiger partial charge is 0.294 e. The van der Waals surface area contributed by atoms with Crippen LogP contribution in [-0.4, -0.2) is 17.6 Å². The van der Waals surface area contributed by atoms with Crippen LogP contribution < -0.4 is 4.90 Å². The predicted molar refractivity (Wildman–Crippen MR) is 68.2 cm³/mol. The van der Waals surface area contributed by atoms with E-state index >= 15 is 0 Å². The first kappa shape index (κ1) is 12.0. The molecule has 0 saturated heterocycles. The molecule has 0 saturated carbocycles. The zero-order chi connectivity index (χ0) is 13.3. The van der Waals surface area contributed by atoms with Gasteiger partial charge < -0.3 is 0 Å². The van der Waals surface area contributed by atoms with Crippen LogP contribution in [0, 0.1) is 0 Å². The first-order valence-corrected chi connectivity index (χ1v) is 5.38. The average Bonchev–Trinajstić information content (AvgIpc) is 2.68. The van der Waals surface area contributed by atoms with Crippen molar-refractivity contribution < 1.29 is 14.4 Å². The van der Waals surface area contributed by atoms with Crippen LogP contribution in [0.5, 0.6) is 0 Å². The number of ketones is 1. The van der Waals surface area contributed by atoms with Gasteiger partial charge >= 0.3 is 0 Å². The zero-order valence-corrected chi connectivity index (χ0v) is 9.84. The Morgan fingerprint density at radius 2 is 1.83 bits per heavy atom. The summed E-state index contributed by atoms with van der Waals surface area (Å²) in [5.41, 5.74) is 1.40. The smallest absolute Gasteiger partial charge is 0.258 e. The maximum absolute atomic E-state index is 11.6. The molecule has 1 aromatic carbocycles. The van der Waals surface area contributed by atoms with E-state index in [2.05, 4.69) is 6.58 Å². The van der Waals surface area contributed by atoms with Gasteiger partial charge in [0.25, 0.3) is 11.8 Å². The van der Waals surface area contributed by atoms with E-state index in [4.69, 9.17) is 0 Å². The first-order chi connectivity index (χ1) is 8.54. The van der Waals surface area contributed by atoms with Crippen molar-refractivity contribution in [3.63, 3.8) is 0 Å². The highest BCUT2D eigenvalue weighted by Gasteiger charge is 2.28. The zero-order valence-electron chi connectivity index (χ0n) is 9.84. The molecule has 4 nitrogen and oxygen atoms in total. The van der Waals surface area contributed by atoms with E-state index < -0.39 is 11.8 Å². The van der Waals surface area contributed by atoms with Crippen LogP contribution >= 0.6 is 0 Å². The Labute approximate surface area is 104 Å². The number of nitrogens with zero attached hydrogens (tertiary/aromatic N) is 1. The van der Waals surface area contributed by atoms with E-state index in [9.17, 15) is 14.4 Å².